The van der Waals surface area contributed by atoms with Gasteiger partial charge in [-0.25, -0.2) is 8.42 Å². The lowest BCUT2D eigenvalue weighted by molar-refractivity contribution is 0.0302. The number of hydrogen-bond acceptors (Lipinski definition) is 7. The van der Waals surface area contributed by atoms with Gasteiger partial charge < -0.3 is 15.0 Å². The quantitative estimate of drug-likeness (QED) is 0.373. The highest BCUT2D eigenvalue weighted by molar-refractivity contribution is 7.89. The number of nitrogens with one attached hydrogen (secondary N) is 1. The van der Waals surface area contributed by atoms with E-state index in [1.807, 2.05) is 13.8 Å². The van der Waals surface area contributed by atoms with Crippen LogP contribution in [-0.2, 0) is 27.7 Å². The Morgan fingerprint density at radius 2 is 1.66 bits per heavy atom. The second-order valence-corrected chi connectivity index (χ2v) is 14.1. The van der Waals surface area contributed by atoms with Gasteiger partial charge in [0.05, 0.1) is 23.7 Å². The molecule has 0 atom stereocenters. The lowest BCUT2D eigenvalue weighted by Crippen LogP contribution is -2.41. The summed E-state index contributed by atoms with van der Waals surface area (Å²) < 4.78 is 33.7. The highest BCUT2D eigenvalue weighted by Crippen LogP contribution is 2.39. The van der Waals surface area contributed by atoms with Gasteiger partial charge in [0.2, 0.25) is 10.0 Å². The number of ether oxygens (including phenoxy) is 1. The normalized spacial score (nSPS) is 16.3. The molecule has 2 aromatic rings. The number of morpholine rings is 1. The van der Waals surface area contributed by atoms with Crippen LogP contribution in [0.4, 0.5) is 5.00 Å². The maximum atomic E-state index is 13.7. The first kappa shape index (κ1) is 31.6. The fourth-order valence-corrected chi connectivity index (χ4v) is 8.00. The number of thiophene rings is 1. The topological polar surface area (TPSA) is 99.3 Å². The summed E-state index contributed by atoms with van der Waals surface area (Å²) in [5.74, 6) is -0.433. The van der Waals surface area contributed by atoms with Gasteiger partial charge in [0.15, 0.2) is 0 Å². The van der Waals surface area contributed by atoms with Gasteiger partial charge in [0, 0.05) is 55.8 Å². The van der Waals surface area contributed by atoms with E-state index in [2.05, 4.69) is 24.1 Å². The second kappa shape index (κ2) is 14.2. The monoisotopic (exact) mass is 604 g/mol. The van der Waals surface area contributed by atoms with Gasteiger partial charge in [-0.05, 0) is 62.9 Å². The Labute approximate surface area is 248 Å². The molecule has 0 radical (unpaired) electrons. The molecule has 0 saturated carbocycles. The van der Waals surface area contributed by atoms with Crippen LogP contribution >= 0.6 is 11.3 Å². The zero-order chi connectivity index (χ0) is 29.6. The van der Waals surface area contributed by atoms with Crippen molar-refractivity contribution in [2.24, 2.45) is 0 Å². The number of carbonyl (C=O) groups is 2. The van der Waals surface area contributed by atoms with E-state index in [1.165, 1.54) is 23.5 Å². The van der Waals surface area contributed by atoms with E-state index in [9.17, 15) is 18.0 Å². The third-order valence-corrected chi connectivity index (χ3v) is 10.9. The highest BCUT2D eigenvalue weighted by Gasteiger charge is 2.32. The van der Waals surface area contributed by atoms with Gasteiger partial charge >= 0.3 is 0 Å². The molecule has 226 valence electrons. The number of anilines is 1. The van der Waals surface area contributed by atoms with Crippen molar-refractivity contribution in [2.75, 3.05) is 51.3 Å². The van der Waals surface area contributed by atoms with Crippen molar-refractivity contribution >= 4 is 38.2 Å². The van der Waals surface area contributed by atoms with Crippen molar-refractivity contribution in [3.8, 4) is 0 Å². The van der Waals surface area contributed by atoms with Gasteiger partial charge in [0.25, 0.3) is 11.8 Å². The number of nitrogens with zero attached hydrogens (tertiary/aromatic N) is 3. The summed E-state index contributed by atoms with van der Waals surface area (Å²) in [6.45, 7) is 13.1. The van der Waals surface area contributed by atoms with Gasteiger partial charge in [-0.3, -0.25) is 14.5 Å². The van der Waals surface area contributed by atoms with E-state index in [0.717, 1.165) is 55.6 Å². The van der Waals surface area contributed by atoms with Crippen molar-refractivity contribution < 1.29 is 22.7 Å². The molecule has 1 N–H and O–H groups in total. The third-order valence-electron chi connectivity index (χ3n) is 7.83. The number of carbonyl (C=O) groups excluding carboxylic acids is 2. The molecule has 2 aliphatic heterocycles. The smallest absolute Gasteiger partial charge is 0.257 e. The molecular formula is C30H44N4O5S2. The number of rotatable bonds is 12. The fraction of sp³-hybridized carbons (Fsp3) is 0.600. The minimum Gasteiger partial charge on any atom is -0.378 e. The Hall–Kier alpha value is -2.31. The Bertz CT molecular complexity index is 1290. The molecule has 1 aromatic heterocycles. The fourth-order valence-electron chi connectivity index (χ4n) is 5.23. The van der Waals surface area contributed by atoms with Gasteiger partial charge in [-0.2, -0.15) is 4.31 Å². The van der Waals surface area contributed by atoms with Crippen molar-refractivity contribution in [2.45, 2.75) is 77.3 Å². The summed E-state index contributed by atoms with van der Waals surface area (Å²) in [7, 11) is -3.65. The van der Waals surface area contributed by atoms with Crippen LogP contribution in [0, 0.1) is 0 Å². The van der Waals surface area contributed by atoms with Gasteiger partial charge in [-0.15, -0.1) is 11.3 Å². The Morgan fingerprint density at radius 3 is 2.24 bits per heavy atom. The summed E-state index contributed by atoms with van der Waals surface area (Å²) in [6.07, 6.45) is 4.18. The first-order valence-electron chi connectivity index (χ1n) is 14.8. The van der Waals surface area contributed by atoms with Crippen LogP contribution in [0.15, 0.2) is 29.2 Å². The van der Waals surface area contributed by atoms with Crippen LogP contribution in [0.2, 0.25) is 0 Å². The van der Waals surface area contributed by atoms with Crippen LogP contribution in [-0.4, -0.2) is 86.3 Å². The number of amides is 2. The molecule has 0 aliphatic carbocycles. The number of hydrogen-bond donors (Lipinski definition) is 1. The SMILES string of the molecule is CCCCN(CCCC)S(=O)(=O)c1ccc(C(=O)Nc2sc3c(c2C(=O)N2CCOCC2)CCN(C(C)C)C3)cc1. The Kier molecular flexibility index (Phi) is 11.0. The molecule has 11 heteroatoms. The zero-order valence-corrected chi connectivity index (χ0v) is 26.4. The van der Waals surface area contributed by atoms with Crippen LogP contribution in [0.1, 0.15) is 84.5 Å². The second-order valence-electron chi connectivity index (χ2n) is 11.0. The Morgan fingerprint density at radius 1 is 1.02 bits per heavy atom. The molecule has 0 unspecified atom stereocenters. The molecular weight excluding hydrogens is 560 g/mol. The summed E-state index contributed by atoms with van der Waals surface area (Å²) in [5.41, 5.74) is 1.96. The van der Waals surface area contributed by atoms with Crippen LogP contribution < -0.4 is 5.32 Å². The molecule has 3 heterocycles. The van der Waals surface area contributed by atoms with E-state index in [0.29, 0.717) is 61.6 Å². The van der Waals surface area contributed by atoms with E-state index in [-0.39, 0.29) is 16.7 Å². The van der Waals surface area contributed by atoms with E-state index in [4.69, 9.17) is 4.74 Å². The molecule has 1 aromatic carbocycles. The molecule has 41 heavy (non-hydrogen) atoms. The van der Waals surface area contributed by atoms with E-state index < -0.39 is 10.0 Å². The highest BCUT2D eigenvalue weighted by atomic mass is 32.2. The van der Waals surface area contributed by atoms with Gasteiger partial charge in [0.1, 0.15) is 5.00 Å². The molecule has 1 fully saturated rings. The van der Waals surface area contributed by atoms with Gasteiger partial charge in [-0.1, -0.05) is 26.7 Å². The average molecular weight is 605 g/mol. The van der Waals surface area contributed by atoms with Crippen molar-refractivity contribution in [1.82, 2.24) is 14.1 Å². The summed E-state index contributed by atoms with van der Waals surface area (Å²) in [4.78, 5) is 32.6. The van der Waals surface area contributed by atoms with Crippen LogP contribution in [0.3, 0.4) is 0 Å². The zero-order valence-electron chi connectivity index (χ0n) is 24.8. The molecule has 4 rings (SSSR count). The minimum absolute atomic E-state index is 0.0696. The summed E-state index contributed by atoms with van der Waals surface area (Å²) >= 11 is 1.47. The summed E-state index contributed by atoms with van der Waals surface area (Å²) in [6, 6.07) is 6.51. The third kappa shape index (κ3) is 7.37. The number of unbranched alkanes of at least 4 members (excludes halogenated alkanes) is 2. The Balaban J connectivity index is 1.57. The first-order valence-corrected chi connectivity index (χ1v) is 17.1. The number of benzene rings is 1. The minimum atomic E-state index is -3.65. The number of sulfonamides is 1. The van der Waals surface area contributed by atoms with Crippen molar-refractivity contribution in [1.29, 1.82) is 0 Å². The lowest BCUT2D eigenvalue weighted by Gasteiger charge is -2.31. The van der Waals surface area contributed by atoms with Crippen molar-refractivity contribution in [3.05, 3.63) is 45.8 Å². The largest absolute Gasteiger partial charge is 0.378 e. The predicted molar refractivity (Wildman–Crippen MR) is 163 cm³/mol. The molecule has 0 bridgehead atoms. The number of fused-ring (bicyclic) bond motifs is 1. The van der Waals surface area contributed by atoms with Crippen molar-refractivity contribution in [3.63, 3.8) is 0 Å². The predicted octanol–water partition coefficient (Wildman–Crippen LogP) is 4.83. The molecule has 2 amide bonds. The standard InChI is InChI=1S/C30H44N4O5S2/c1-5-7-14-34(15-8-6-2)41(37,38)24-11-9-23(10-12-24)28(35)31-29-27(30(36)32-17-19-39-20-18-32)25-13-16-33(22(3)4)21-26(25)40-29/h9-12,22H,5-8,13-21H2,1-4H3,(H,31,35). The van der Waals surface area contributed by atoms with Crippen LogP contribution in [0.25, 0.3) is 0 Å². The maximum absolute atomic E-state index is 13.7. The summed E-state index contributed by atoms with van der Waals surface area (Å²) in [5, 5.41) is 3.57. The van der Waals surface area contributed by atoms with E-state index in [1.54, 1.807) is 21.3 Å². The first-order chi connectivity index (χ1) is 19.7. The molecule has 1 saturated heterocycles. The van der Waals surface area contributed by atoms with E-state index >= 15 is 0 Å². The lowest BCUT2D eigenvalue weighted by atomic mass is 10.0. The molecule has 9 nitrogen and oxygen atoms in total. The maximum Gasteiger partial charge on any atom is 0.257 e. The average Bonchev–Trinajstić information content (AvgIpc) is 3.34. The molecule has 2 aliphatic rings. The molecule has 0 spiro atoms. The van der Waals surface area contributed by atoms with Crippen LogP contribution in [0.5, 0.6) is 0 Å².